The summed E-state index contributed by atoms with van der Waals surface area (Å²) in [5.74, 6) is 0.162. The topological polar surface area (TPSA) is 67.4 Å². The molecule has 2 N–H and O–H groups in total. The first-order valence-corrected chi connectivity index (χ1v) is 8.72. The Labute approximate surface area is 128 Å². The van der Waals surface area contributed by atoms with Gasteiger partial charge in [0, 0.05) is 19.2 Å². The van der Waals surface area contributed by atoms with Crippen molar-refractivity contribution >= 4 is 10.0 Å². The van der Waals surface area contributed by atoms with Crippen molar-refractivity contribution < 1.29 is 13.2 Å². The van der Waals surface area contributed by atoms with E-state index in [1.807, 2.05) is 40.0 Å². The maximum absolute atomic E-state index is 12.4. The number of nitrogens with one attached hydrogen (secondary N) is 2. The highest BCUT2D eigenvalue weighted by molar-refractivity contribution is 7.89. The van der Waals surface area contributed by atoms with Gasteiger partial charge in [-0.15, -0.1) is 0 Å². The van der Waals surface area contributed by atoms with Gasteiger partial charge in [-0.2, -0.15) is 0 Å². The zero-order chi connectivity index (χ0) is 15.9. The Kier molecular flexibility index (Phi) is 7.31. The fourth-order valence-corrected chi connectivity index (χ4v) is 3.23. The number of benzene rings is 1. The van der Waals surface area contributed by atoms with Crippen LogP contribution in [0.15, 0.2) is 29.2 Å². The van der Waals surface area contributed by atoms with Gasteiger partial charge in [-0.05, 0) is 37.6 Å². The quantitative estimate of drug-likeness (QED) is 0.729. The number of hydrogen-bond donors (Lipinski definition) is 2. The summed E-state index contributed by atoms with van der Waals surface area (Å²) in [7, 11) is -1.66. The van der Waals surface area contributed by atoms with Crippen molar-refractivity contribution in [2.75, 3.05) is 20.3 Å². The third-order valence-corrected chi connectivity index (χ3v) is 4.73. The fraction of sp³-hybridized carbons (Fsp3) is 0.600. The van der Waals surface area contributed by atoms with Crippen molar-refractivity contribution in [3.05, 3.63) is 29.8 Å². The predicted molar refractivity (Wildman–Crippen MR) is 84.6 cm³/mol. The van der Waals surface area contributed by atoms with Gasteiger partial charge in [-0.1, -0.05) is 26.0 Å². The summed E-state index contributed by atoms with van der Waals surface area (Å²) >= 11 is 0. The van der Waals surface area contributed by atoms with E-state index in [1.165, 1.54) is 0 Å². The van der Waals surface area contributed by atoms with Crippen LogP contribution in [0.25, 0.3) is 0 Å². The zero-order valence-corrected chi connectivity index (χ0v) is 14.0. The standard InChI is InChI=1S/C15H26N2O3S/c1-5-20-11-15(12(2)3)17-21(18,19)14-8-6-13(7-9-14)10-16-4/h6-9,12,15-17H,5,10-11H2,1-4H3. The second kappa shape index (κ2) is 8.48. The lowest BCUT2D eigenvalue weighted by atomic mass is 10.1. The molecule has 0 saturated heterocycles. The van der Waals surface area contributed by atoms with Crippen molar-refractivity contribution in [1.29, 1.82) is 0 Å². The Morgan fingerprint density at radius 1 is 1.19 bits per heavy atom. The second-order valence-electron chi connectivity index (χ2n) is 5.31. The molecule has 6 heteroatoms. The van der Waals surface area contributed by atoms with Gasteiger partial charge in [0.15, 0.2) is 0 Å². The van der Waals surface area contributed by atoms with Crippen molar-refractivity contribution in [1.82, 2.24) is 10.0 Å². The smallest absolute Gasteiger partial charge is 0.240 e. The van der Waals surface area contributed by atoms with Crippen molar-refractivity contribution in [3.8, 4) is 0 Å². The molecule has 1 rings (SSSR count). The van der Waals surface area contributed by atoms with Crippen LogP contribution in [0.5, 0.6) is 0 Å². The largest absolute Gasteiger partial charge is 0.380 e. The van der Waals surface area contributed by atoms with Gasteiger partial charge < -0.3 is 10.1 Å². The molecule has 0 saturated carbocycles. The van der Waals surface area contributed by atoms with Gasteiger partial charge in [-0.3, -0.25) is 0 Å². The molecule has 0 aromatic heterocycles. The highest BCUT2D eigenvalue weighted by Gasteiger charge is 2.22. The van der Waals surface area contributed by atoms with Crippen LogP contribution in [0.3, 0.4) is 0 Å². The van der Waals surface area contributed by atoms with E-state index in [4.69, 9.17) is 4.74 Å². The summed E-state index contributed by atoms with van der Waals surface area (Å²) in [6.45, 7) is 7.51. The monoisotopic (exact) mass is 314 g/mol. The summed E-state index contributed by atoms with van der Waals surface area (Å²) in [6.07, 6.45) is 0. The van der Waals surface area contributed by atoms with E-state index in [-0.39, 0.29) is 16.9 Å². The first-order valence-electron chi connectivity index (χ1n) is 7.24. The van der Waals surface area contributed by atoms with E-state index in [1.54, 1.807) is 12.1 Å². The molecule has 0 aliphatic heterocycles. The molecule has 5 nitrogen and oxygen atoms in total. The van der Waals surface area contributed by atoms with E-state index < -0.39 is 10.0 Å². The Balaban J connectivity index is 2.83. The molecule has 1 aromatic carbocycles. The van der Waals surface area contributed by atoms with Crippen LogP contribution in [-0.4, -0.2) is 34.7 Å². The lowest BCUT2D eigenvalue weighted by Gasteiger charge is -2.22. The number of hydrogen-bond acceptors (Lipinski definition) is 4. The van der Waals surface area contributed by atoms with Gasteiger partial charge >= 0.3 is 0 Å². The molecule has 0 amide bonds. The third kappa shape index (κ3) is 5.74. The van der Waals surface area contributed by atoms with Gasteiger partial charge in [-0.25, -0.2) is 13.1 Å². The molecule has 0 aliphatic carbocycles. The normalized spacial score (nSPS) is 13.6. The molecule has 0 aliphatic rings. The Bertz CT molecular complexity index is 512. The predicted octanol–water partition coefficient (Wildman–Crippen LogP) is 1.75. The molecule has 21 heavy (non-hydrogen) atoms. The van der Waals surface area contributed by atoms with Crippen LogP contribution in [0.2, 0.25) is 0 Å². The van der Waals surface area contributed by atoms with Gasteiger partial charge in [0.25, 0.3) is 0 Å². The summed E-state index contributed by atoms with van der Waals surface area (Å²) in [5.41, 5.74) is 1.05. The number of ether oxygens (including phenoxy) is 1. The summed E-state index contributed by atoms with van der Waals surface area (Å²) in [4.78, 5) is 0.282. The zero-order valence-electron chi connectivity index (χ0n) is 13.2. The van der Waals surface area contributed by atoms with E-state index in [2.05, 4.69) is 10.0 Å². The van der Waals surface area contributed by atoms with Gasteiger partial charge in [0.2, 0.25) is 10.0 Å². The van der Waals surface area contributed by atoms with Crippen LogP contribution in [0, 0.1) is 5.92 Å². The molecule has 1 unspecified atom stereocenters. The van der Waals surface area contributed by atoms with E-state index >= 15 is 0 Å². The molecule has 1 aromatic rings. The second-order valence-corrected chi connectivity index (χ2v) is 7.02. The average Bonchev–Trinajstić information content (AvgIpc) is 2.44. The van der Waals surface area contributed by atoms with Crippen LogP contribution >= 0.6 is 0 Å². The van der Waals surface area contributed by atoms with Gasteiger partial charge in [0.1, 0.15) is 0 Å². The molecular formula is C15H26N2O3S. The average molecular weight is 314 g/mol. The van der Waals surface area contributed by atoms with Crippen LogP contribution < -0.4 is 10.0 Å². The Morgan fingerprint density at radius 2 is 1.81 bits per heavy atom. The molecule has 0 bridgehead atoms. The first-order chi connectivity index (χ1) is 9.90. The molecular weight excluding hydrogens is 288 g/mol. The van der Waals surface area contributed by atoms with Crippen molar-refractivity contribution in [2.24, 2.45) is 5.92 Å². The minimum absolute atomic E-state index is 0.162. The molecule has 120 valence electrons. The molecule has 1 atom stereocenters. The lowest BCUT2D eigenvalue weighted by Crippen LogP contribution is -2.41. The maximum Gasteiger partial charge on any atom is 0.240 e. The van der Waals surface area contributed by atoms with Crippen LogP contribution in [0.1, 0.15) is 26.3 Å². The summed E-state index contributed by atoms with van der Waals surface area (Å²) in [5, 5.41) is 3.03. The Hall–Kier alpha value is -0.950. The molecule has 0 fully saturated rings. The van der Waals surface area contributed by atoms with E-state index in [0.717, 1.165) is 5.56 Å². The van der Waals surface area contributed by atoms with Gasteiger partial charge in [0.05, 0.1) is 11.5 Å². The van der Waals surface area contributed by atoms with Crippen LogP contribution in [-0.2, 0) is 21.3 Å². The SMILES string of the molecule is CCOCC(NS(=O)(=O)c1ccc(CNC)cc1)C(C)C. The fourth-order valence-electron chi connectivity index (χ4n) is 1.87. The van der Waals surface area contributed by atoms with Crippen LogP contribution in [0.4, 0.5) is 0 Å². The Morgan fingerprint density at radius 3 is 2.29 bits per heavy atom. The number of sulfonamides is 1. The third-order valence-electron chi connectivity index (χ3n) is 3.23. The minimum atomic E-state index is -3.52. The molecule has 0 heterocycles. The highest BCUT2D eigenvalue weighted by atomic mass is 32.2. The molecule has 0 spiro atoms. The van der Waals surface area contributed by atoms with Crippen molar-refractivity contribution in [3.63, 3.8) is 0 Å². The highest BCUT2D eigenvalue weighted by Crippen LogP contribution is 2.13. The lowest BCUT2D eigenvalue weighted by molar-refractivity contribution is 0.116. The van der Waals surface area contributed by atoms with Crippen molar-refractivity contribution in [2.45, 2.75) is 38.3 Å². The number of rotatable bonds is 9. The minimum Gasteiger partial charge on any atom is -0.380 e. The molecule has 0 radical (unpaired) electrons. The first kappa shape index (κ1) is 18.1. The van der Waals surface area contributed by atoms with E-state index in [9.17, 15) is 8.42 Å². The van der Waals surface area contributed by atoms with E-state index in [0.29, 0.717) is 19.8 Å². The maximum atomic E-state index is 12.4. The summed E-state index contributed by atoms with van der Waals surface area (Å²) < 4.78 is 32.9. The summed E-state index contributed by atoms with van der Waals surface area (Å²) in [6, 6.07) is 6.67.